The molecule has 1 aliphatic rings. The Hall–Kier alpha value is -2.55. The Bertz CT molecular complexity index is 1020. The summed E-state index contributed by atoms with van der Waals surface area (Å²) in [5.74, 6) is -1.55. The number of amides is 3. The maximum Gasteiger partial charge on any atom is 0.234 e. The van der Waals surface area contributed by atoms with E-state index in [-0.39, 0.29) is 24.8 Å². The molecular formula is C22H24Cl2N4O4. The molecule has 0 bridgehead atoms. The second-order valence-corrected chi connectivity index (χ2v) is 8.92. The number of rotatable bonds is 7. The number of halogens is 2. The van der Waals surface area contributed by atoms with Crippen molar-refractivity contribution >= 4 is 40.9 Å². The molecule has 1 saturated heterocycles. The van der Waals surface area contributed by atoms with E-state index in [0.717, 1.165) is 0 Å². The molecule has 32 heavy (non-hydrogen) atoms. The number of hydrogen-bond donors (Lipinski definition) is 2. The fraction of sp³-hybridized carbons (Fsp3) is 0.409. The van der Waals surface area contributed by atoms with Crippen LogP contribution in [-0.2, 0) is 37.7 Å². The predicted octanol–water partition coefficient (Wildman–Crippen LogP) is 3.04. The van der Waals surface area contributed by atoms with Gasteiger partial charge >= 0.3 is 0 Å². The van der Waals surface area contributed by atoms with Crippen LogP contribution in [0.5, 0.6) is 0 Å². The number of carbonyl (C=O) groups is 3. The summed E-state index contributed by atoms with van der Waals surface area (Å²) in [6.45, 7) is 4.05. The maximum atomic E-state index is 12.9. The van der Waals surface area contributed by atoms with Crippen molar-refractivity contribution < 1.29 is 19.1 Å². The maximum absolute atomic E-state index is 12.9. The molecule has 0 radical (unpaired) electrons. The summed E-state index contributed by atoms with van der Waals surface area (Å²) in [6, 6.07) is 3.33. The van der Waals surface area contributed by atoms with Gasteiger partial charge in [-0.2, -0.15) is 0 Å². The molecule has 8 nitrogen and oxygen atoms in total. The van der Waals surface area contributed by atoms with E-state index >= 15 is 0 Å². The Morgan fingerprint density at radius 3 is 2.47 bits per heavy atom. The third kappa shape index (κ3) is 5.26. The van der Waals surface area contributed by atoms with E-state index in [4.69, 9.17) is 27.9 Å². The Kier molecular flexibility index (Phi) is 7.48. The van der Waals surface area contributed by atoms with Crippen molar-refractivity contribution in [3.05, 3.63) is 57.1 Å². The lowest BCUT2D eigenvalue weighted by Crippen LogP contribution is -2.40. The van der Waals surface area contributed by atoms with Crippen LogP contribution >= 0.6 is 23.2 Å². The van der Waals surface area contributed by atoms with Crippen LogP contribution < -0.4 is 10.6 Å². The van der Waals surface area contributed by atoms with E-state index in [0.29, 0.717) is 45.6 Å². The van der Waals surface area contributed by atoms with Crippen LogP contribution in [-0.4, -0.2) is 34.8 Å². The van der Waals surface area contributed by atoms with Crippen molar-refractivity contribution in [2.45, 2.75) is 51.2 Å². The number of hydrogen-bond acceptors (Lipinski definition) is 6. The van der Waals surface area contributed by atoms with Gasteiger partial charge in [-0.1, -0.05) is 23.2 Å². The molecule has 0 aliphatic carbocycles. The Labute approximate surface area is 196 Å². The predicted molar refractivity (Wildman–Crippen MR) is 119 cm³/mol. The van der Waals surface area contributed by atoms with Gasteiger partial charge in [0.15, 0.2) is 0 Å². The number of benzene rings is 1. The summed E-state index contributed by atoms with van der Waals surface area (Å²) < 4.78 is 5.02. The minimum atomic E-state index is -0.918. The molecule has 1 fully saturated rings. The van der Waals surface area contributed by atoms with Gasteiger partial charge in [0.25, 0.3) is 0 Å². The number of piperidine rings is 1. The topological polar surface area (TPSA) is 110 Å². The number of ether oxygens (including phenoxy) is 1. The summed E-state index contributed by atoms with van der Waals surface area (Å²) in [5, 5.41) is 5.81. The smallest absolute Gasteiger partial charge is 0.234 e. The third-order valence-electron chi connectivity index (χ3n) is 5.39. The van der Waals surface area contributed by atoms with Gasteiger partial charge in [-0.05, 0) is 38.0 Å². The first-order valence-electron chi connectivity index (χ1n) is 10.0. The Morgan fingerprint density at radius 2 is 1.91 bits per heavy atom. The van der Waals surface area contributed by atoms with Crippen LogP contribution in [0, 0.1) is 0 Å². The molecule has 10 heteroatoms. The molecule has 1 unspecified atom stereocenters. The molecule has 0 spiro atoms. The highest BCUT2D eigenvalue weighted by Gasteiger charge is 2.33. The van der Waals surface area contributed by atoms with Crippen molar-refractivity contribution in [1.29, 1.82) is 0 Å². The van der Waals surface area contributed by atoms with Crippen molar-refractivity contribution in [3.63, 3.8) is 0 Å². The largest absolute Gasteiger partial charge is 0.378 e. The van der Waals surface area contributed by atoms with E-state index in [9.17, 15) is 14.4 Å². The van der Waals surface area contributed by atoms with E-state index in [2.05, 4.69) is 20.6 Å². The molecule has 170 valence electrons. The van der Waals surface area contributed by atoms with Gasteiger partial charge in [0.05, 0.1) is 35.5 Å². The Balaban J connectivity index is 1.70. The molecule has 1 aliphatic heterocycles. The van der Waals surface area contributed by atoms with Gasteiger partial charge in [0.1, 0.15) is 0 Å². The van der Waals surface area contributed by atoms with Crippen LogP contribution in [0.1, 0.15) is 55.1 Å². The first-order valence-corrected chi connectivity index (χ1v) is 10.8. The lowest BCUT2D eigenvalue weighted by Gasteiger charge is -2.24. The van der Waals surface area contributed by atoms with Crippen LogP contribution in [0.2, 0.25) is 10.0 Å². The molecule has 3 amide bonds. The van der Waals surface area contributed by atoms with Gasteiger partial charge in [-0.3, -0.25) is 29.7 Å². The number of methoxy groups -OCH3 is 1. The minimum absolute atomic E-state index is 0.187. The quantitative estimate of drug-likeness (QED) is 0.591. The summed E-state index contributed by atoms with van der Waals surface area (Å²) in [4.78, 5) is 45.1. The van der Waals surface area contributed by atoms with Crippen molar-refractivity contribution in [3.8, 4) is 0 Å². The number of imide groups is 1. The molecule has 2 aromatic rings. The molecular weight excluding hydrogens is 455 g/mol. The zero-order chi connectivity index (χ0) is 23.5. The monoisotopic (exact) mass is 478 g/mol. The van der Waals surface area contributed by atoms with Gasteiger partial charge in [-0.15, -0.1) is 0 Å². The average Bonchev–Trinajstić information content (AvgIpc) is 2.73. The standard InChI is InChI=1S/C22H24Cl2N4O4/c1-22(2,17-10-25-13(9-26-17)11-32-3)21(31)27-8-12-6-15(23)19(16(24)7-12)14-4-5-18(29)28-20(14)30/h6-7,9-10,14H,4-5,8,11H2,1-3H3,(H,27,31)(H,28,29,30). The molecule has 1 aromatic heterocycles. The molecule has 2 heterocycles. The van der Waals surface area contributed by atoms with E-state index in [1.807, 2.05) is 0 Å². The van der Waals surface area contributed by atoms with E-state index in [1.54, 1.807) is 45.5 Å². The number of nitrogens with one attached hydrogen (secondary N) is 2. The van der Waals surface area contributed by atoms with Gasteiger partial charge in [-0.25, -0.2) is 0 Å². The summed E-state index contributed by atoms with van der Waals surface area (Å²) >= 11 is 12.8. The highest BCUT2D eigenvalue weighted by atomic mass is 35.5. The summed E-state index contributed by atoms with van der Waals surface area (Å²) in [6.07, 6.45) is 3.72. The third-order valence-corrected chi connectivity index (χ3v) is 6.01. The first kappa shape index (κ1) is 24.1. The second kappa shape index (κ2) is 9.94. The van der Waals surface area contributed by atoms with Crippen LogP contribution in [0.15, 0.2) is 24.5 Å². The van der Waals surface area contributed by atoms with Crippen molar-refractivity contribution in [1.82, 2.24) is 20.6 Å². The normalized spacial score (nSPS) is 16.6. The summed E-state index contributed by atoms with van der Waals surface area (Å²) in [7, 11) is 1.57. The van der Waals surface area contributed by atoms with Crippen molar-refractivity contribution in [2.75, 3.05) is 7.11 Å². The Morgan fingerprint density at radius 1 is 1.22 bits per heavy atom. The fourth-order valence-electron chi connectivity index (χ4n) is 3.46. The van der Waals surface area contributed by atoms with Crippen LogP contribution in [0.4, 0.5) is 0 Å². The molecule has 1 aromatic carbocycles. The number of carbonyl (C=O) groups excluding carboxylic acids is 3. The SMILES string of the molecule is COCc1cnc(C(C)(C)C(=O)NCc2cc(Cl)c(C3CCC(=O)NC3=O)c(Cl)c2)cn1. The average molecular weight is 479 g/mol. The minimum Gasteiger partial charge on any atom is -0.378 e. The number of aromatic nitrogens is 2. The number of nitrogens with zero attached hydrogens (tertiary/aromatic N) is 2. The van der Waals surface area contributed by atoms with Gasteiger partial charge in [0.2, 0.25) is 17.7 Å². The first-order chi connectivity index (χ1) is 15.1. The zero-order valence-corrected chi connectivity index (χ0v) is 19.5. The molecule has 0 saturated carbocycles. The van der Waals surface area contributed by atoms with Gasteiger partial charge in [0, 0.05) is 41.9 Å². The van der Waals surface area contributed by atoms with Crippen molar-refractivity contribution in [2.24, 2.45) is 0 Å². The molecule has 3 rings (SSSR count). The van der Waals surface area contributed by atoms with Crippen LogP contribution in [0.25, 0.3) is 0 Å². The second-order valence-electron chi connectivity index (χ2n) is 8.11. The fourth-order valence-corrected chi connectivity index (χ4v) is 4.26. The zero-order valence-electron chi connectivity index (χ0n) is 18.0. The highest BCUT2D eigenvalue weighted by molar-refractivity contribution is 6.36. The molecule has 1 atom stereocenters. The van der Waals surface area contributed by atoms with Gasteiger partial charge < -0.3 is 10.1 Å². The lowest BCUT2D eigenvalue weighted by molar-refractivity contribution is -0.134. The molecule has 2 N–H and O–H groups in total. The summed E-state index contributed by atoms with van der Waals surface area (Å²) in [5.41, 5.74) is 1.45. The van der Waals surface area contributed by atoms with E-state index in [1.165, 1.54) is 0 Å². The van der Waals surface area contributed by atoms with E-state index < -0.39 is 17.2 Å². The highest BCUT2D eigenvalue weighted by Crippen LogP contribution is 2.37. The van der Waals surface area contributed by atoms with Crippen LogP contribution in [0.3, 0.4) is 0 Å². The lowest BCUT2D eigenvalue weighted by atomic mass is 9.88.